The molecule has 0 bridgehead atoms. The van der Waals surface area contributed by atoms with Gasteiger partial charge in [0.25, 0.3) is 0 Å². The van der Waals surface area contributed by atoms with Crippen molar-refractivity contribution in [3.05, 3.63) is 35.6 Å². The zero-order valence-electron chi connectivity index (χ0n) is 14.5. The number of nitrogens with one attached hydrogen (secondary N) is 2. The lowest BCUT2D eigenvalue weighted by Gasteiger charge is -2.32. The second kappa shape index (κ2) is 8.99. The van der Waals surface area contributed by atoms with E-state index in [-0.39, 0.29) is 24.2 Å². The van der Waals surface area contributed by atoms with Crippen LogP contribution >= 0.6 is 0 Å². The van der Waals surface area contributed by atoms with E-state index < -0.39 is 11.9 Å². The van der Waals surface area contributed by atoms with E-state index in [0.717, 1.165) is 19.6 Å². The Morgan fingerprint density at radius 1 is 1.46 bits per heavy atom. The maximum absolute atomic E-state index is 13.6. The Hall–Kier alpha value is -1.66. The van der Waals surface area contributed by atoms with Gasteiger partial charge in [0, 0.05) is 31.2 Å². The van der Waals surface area contributed by atoms with Crippen molar-refractivity contribution in [3.63, 3.8) is 0 Å². The third-order valence-electron chi connectivity index (χ3n) is 4.37. The highest BCUT2D eigenvalue weighted by Crippen LogP contribution is 2.16. The molecule has 1 heterocycles. The van der Waals surface area contributed by atoms with Gasteiger partial charge in [-0.15, -0.1) is 0 Å². The maximum atomic E-state index is 13.6. The van der Waals surface area contributed by atoms with Crippen LogP contribution in [0, 0.1) is 11.7 Å². The first-order valence-corrected chi connectivity index (χ1v) is 8.65. The van der Waals surface area contributed by atoms with Gasteiger partial charge in [0.05, 0.1) is 6.10 Å². The zero-order chi connectivity index (χ0) is 17.5. The van der Waals surface area contributed by atoms with E-state index in [4.69, 9.17) is 0 Å². The molecular formula is C18H28FN3O2. The van der Waals surface area contributed by atoms with E-state index in [1.54, 1.807) is 12.1 Å². The van der Waals surface area contributed by atoms with Gasteiger partial charge in [0.2, 0.25) is 0 Å². The quantitative estimate of drug-likeness (QED) is 0.746. The molecule has 0 aromatic heterocycles. The molecule has 3 unspecified atom stereocenters. The summed E-state index contributed by atoms with van der Waals surface area (Å²) in [6.45, 7) is 7.14. The van der Waals surface area contributed by atoms with Gasteiger partial charge in [-0.25, -0.2) is 9.18 Å². The number of piperidine rings is 1. The summed E-state index contributed by atoms with van der Waals surface area (Å²) < 4.78 is 13.6. The summed E-state index contributed by atoms with van der Waals surface area (Å²) in [4.78, 5) is 14.3. The largest absolute Gasteiger partial charge is 0.386 e. The van der Waals surface area contributed by atoms with E-state index in [2.05, 4.69) is 22.5 Å². The third kappa shape index (κ3) is 5.76. The molecule has 3 N–H and O–H groups in total. The van der Waals surface area contributed by atoms with Crippen LogP contribution in [0.3, 0.4) is 0 Å². The molecule has 1 aromatic carbocycles. The molecule has 6 heteroatoms. The Morgan fingerprint density at radius 3 is 2.92 bits per heavy atom. The van der Waals surface area contributed by atoms with Gasteiger partial charge in [-0.2, -0.15) is 0 Å². The lowest BCUT2D eigenvalue weighted by Crippen LogP contribution is -2.48. The SMILES string of the molecule is CC1CCCN(CC(C)NC(=O)NCC(O)c2ccccc2F)C1. The number of urea groups is 1. The van der Waals surface area contributed by atoms with Gasteiger partial charge in [-0.1, -0.05) is 25.1 Å². The standard InChI is InChI=1S/C18H28FN3O2/c1-13-6-5-9-22(11-13)12-14(2)21-18(24)20-10-17(23)15-7-3-4-8-16(15)19/h3-4,7-8,13-14,17,23H,5-6,9-12H2,1-2H3,(H2,20,21,24). The number of benzene rings is 1. The number of carbonyl (C=O) groups is 1. The normalized spacial score (nSPS) is 21.1. The van der Waals surface area contributed by atoms with Crippen molar-refractivity contribution in [2.45, 2.75) is 38.8 Å². The predicted molar refractivity (Wildman–Crippen MR) is 92.2 cm³/mol. The van der Waals surface area contributed by atoms with Gasteiger partial charge in [0.1, 0.15) is 5.82 Å². The van der Waals surface area contributed by atoms with Gasteiger partial charge < -0.3 is 20.6 Å². The van der Waals surface area contributed by atoms with Crippen LogP contribution < -0.4 is 10.6 Å². The number of hydrogen-bond donors (Lipinski definition) is 3. The molecular weight excluding hydrogens is 309 g/mol. The first kappa shape index (κ1) is 18.7. The number of rotatable bonds is 6. The Morgan fingerprint density at radius 2 is 2.21 bits per heavy atom. The molecule has 3 atom stereocenters. The van der Waals surface area contributed by atoms with Crippen molar-refractivity contribution in [2.75, 3.05) is 26.2 Å². The molecule has 1 aliphatic heterocycles. The van der Waals surface area contributed by atoms with Crippen LogP contribution in [0.4, 0.5) is 9.18 Å². The minimum absolute atomic E-state index is 0.0147. The van der Waals surface area contributed by atoms with Crippen molar-refractivity contribution in [1.29, 1.82) is 0 Å². The highest BCUT2D eigenvalue weighted by atomic mass is 19.1. The van der Waals surface area contributed by atoms with Crippen molar-refractivity contribution < 1.29 is 14.3 Å². The lowest BCUT2D eigenvalue weighted by molar-refractivity contribution is 0.161. The minimum Gasteiger partial charge on any atom is -0.386 e. The number of halogens is 1. The lowest BCUT2D eigenvalue weighted by atomic mass is 10.00. The first-order chi connectivity index (χ1) is 11.5. The van der Waals surface area contributed by atoms with E-state index in [1.165, 1.54) is 25.0 Å². The molecule has 0 radical (unpaired) electrons. The Balaban J connectivity index is 1.71. The number of aliphatic hydroxyl groups is 1. The van der Waals surface area contributed by atoms with Gasteiger partial charge >= 0.3 is 6.03 Å². The molecule has 5 nitrogen and oxygen atoms in total. The van der Waals surface area contributed by atoms with Crippen LogP contribution in [-0.2, 0) is 0 Å². The third-order valence-corrected chi connectivity index (χ3v) is 4.37. The fourth-order valence-corrected chi connectivity index (χ4v) is 3.20. The second-order valence-corrected chi connectivity index (χ2v) is 6.80. The Bertz CT molecular complexity index is 541. The van der Waals surface area contributed by atoms with Crippen LogP contribution in [0.2, 0.25) is 0 Å². The summed E-state index contributed by atoms with van der Waals surface area (Å²) in [6, 6.07) is 5.70. The molecule has 2 rings (SSSR count). The fraction of sp³-hybridized carbons (Fsp3) is 0.611. The maximum Gasteiger partial charge on any atom is 0.315 e. The molecule has 1 fully saturated rings. The van der Waals surface area contributed by atoms with Crippen molar-refractivity contribution in [2.24, 2.45) is 5.92 Å². The van der Waals surface area contributed by atoms with Gasteiger partial charge in [0.15, 0.2) is 0 Å². The molecule has 1 aromatic rings. The highest BCUT2D eigenvalue weighted by molar-refractivity contribution is 5.74. The fourth-order valence-electron chi connectivity index (χ4n) is 3.20. The monoisotopic (exact) mass is 337 g/mol. The summed E-state index contributed by atoms with van der Waals surface area (Å²) in [5, 5.41) is 15.5. The van der Waals surface area contributed by atoms with Crippen LogP contribution in [0.1, 0.15) is 38.4 Å². The molecule has 134 valence electrons. The van der Waals surface area contributed by atoms with Crippen LogP contribution in [0.25, 0.3) is 0 Å². The second-order valence-electron chi connectivity index (χ2n) is 6.80. The van der Waals surface area contributed by atoms with Crippen molar-refractivity contribution in [3.8, 4) is 0 Å². The van der Waals surface area contributed by atoms with Crippen LogP contribution in [0.15, 0.2) is 24.3 Å². The summed E-state index contributed by atoms with van der Waals surface area (Å²) in [7, 11) is 0. The average molecular weight is 337 g/mol. The molecule has 1 aliphatic rings. The summed E-state index contributed by atoms with van der Waals surface area (Å²) >= 11 is 0. The van der Waals surface area contributed by atoms with Crippen LogP contribution in [-0.4, -0.2) is 48.3 Å². The number of likely N-dealkylation sites (tertiary alicyclic amines) is 1. The van der Waals surface area contributed by atoms with Crippen molar-refractivity contribution in [1.82, 2.24) is 15.5 Å². The Kier molecular flexibility index (Phi) is 6.99. The van der Waals surface area contributed by atoms with Crippen LogP contribution in [0.5, 0.6) is 0 Å². The van der Waals surface area contributed by atoms with Gasteiger partial charge in [-0.3, -0.25) is 0 Å². The number of hydrogen-bond acceptors (Lipinski definition) is 3. The van der Waals surface area contributed by atoms with E-state index >= 15 is 0 Å². The molecule has 1 saturated heterocycles. The molecule has 0 saturated carbocycles. The topological polar surface area (TPSA) is 64.6 Å². The van der Waals surface area contributed by atoms with E-state index in [0.29, 0.717) is 5.92 Å². The molecule has 24 heavy (non-hydrogen) atoms. The van der Waals surface area contributed by atoms with E-state index in [9.17, 15) is 14.3 Å². The predicted octanol–water partition coefficient (Wildman–Crippen LogP) is 2.28. The smallest absolute Gasteiger partial charge is 0.315 e. The minimum atomic E-state index is -1.06. The number of nitrogens with zero attached hydrogens (tertiary/aromatic N) is 1. The van der Waals surface area contributed by atoms with Gasteiger partial charge in [-0.05, 0) is 38.3 Å². The van der Waals surface area contributed by atoms with E-state index in [1.807, 2.05) is 6.92 Å². The summed E-state index contributed by atoms with van der Waals surface area (Å²) in [6.07, 6.45) is 1.41. The average Bonchev–Trinajstić information content (AvgIpc) is 2.53. The molecule has 2 amide bonds. The zero-order valence-corrected chi connectivity index (χ0v) is 14.5. The summed E-state index contributed by atoms with van der Waals surface area (Å²) in [5.41, 5.74) is 0.188. The number of amides is 2. The molecule has 0 spiro atoms. The number of carbonyl (C=O) groups excluding carboxylic acids is 1. The first-order valence-electron chi connectivity index (χ1n) is 8.65. The number of aliphatic hydroxyl groups excluding tert-OH is 1. The van der Waals surface area contributed by atoms with Crippen molar-refractivity contribution >= 4 is 6.03 Å². The Labute approximate surface area is 143 Å². The summed E-state index contributed by atoms with van der Waals surface area (Å²) in [5.74, 6) is 0.232. The highest BCUT2D eigenvalue weighted by Gasteiger charge is 2.19. The molecule has 0 aliphatic carbocycles.